The van der Waals surface area contributed by atoms with Gasteiger partial charge in [0.1, 0.15) is 0 Å². The second-order valence-corrected chi connectivity index (χ2v) is 21.0. The number of guanidine groups is 1. The molecule has 59 heavy (non-hydrogen) atoms. The molecule has 8 aliphatic rings. The standard InChI is InChI=1S/C48H75N7O4/c49-13-5-4-9-41(50)45(59)54-42(10-6-14-53-46(51)52)43(57)22-39(15-32-7-2-1-3-8-32)30-55(44(58)29-48-26-36-19-37(27-48)21-38(20-36)28-48)31-40(56)11-12-47-23-33-16-34(24-47)18-35(17-33)25-47/h1-3,7-8,33-39,41-42H,4-6,9-31,49-50H2,(H,54,59)(H4,51,52,53)/t33?,34?,35?,36?,37?,38?,39-,41+,42+,47?,48?/m1/s1. The molecule has 0 aliphatic heterocycles. The molecule has 11 nitrogen and oxygen atoms in total. The van der Waals surface area contributed by atoms with Crippen LogP contribution in [0, 0.1) is 52.3 Å². The minimum atomic E-state index is -0.784. The maximum atomic E-state index is 14.8. The molecule has 8 aliphatic carbocycles. The van der Waals surface area contributed by atoms with Crippen LogP contribution in [0.3, 0.4) is 0 Å². The topological polar surface area (TPSA) is 200 Å². The Kier molecular flexibility index (Phi) is 14.5. The van der Waals surface area contributed by atoms with E-state index < -0.39 is 12.1 Å². The largest absolute Gasteiger partial charge is 0.370 e. The molecule has 1 aromatic carbocycles. The zero-order chi connectivity index (χ0) is 41.6. The maximum absolute atomic E-state index is 14.8. The number of aliphatic imine (C=N–C) groups is 1. The fourth-order valence-electron chi connectivity index (χ4n) is 14.1. The van der Waals surface area contributed by atoms with Crippen molar-refractivity contribution >= 4 is 29.3 Å². The molecular weight excluding hydrogens is 739 g/mol. The lowest BCUT2D eigenvalue weighted by atomic mass is 9.48. The van der Waals surface area contributed by atoms with Crippen LogP contribution in [0.4, 0.5) is 0 Å². The van der Waals surface area contributed by atoms with Gasteiger partial charge in [-0.25, -0.2) is 0 Å². The van der Waals surface area contributed by atoms with Crippen molar-refractivity contribution in [3.05, 3.63) is 35.9 Å². The number of hydrogen-bond donors (Lipinski definition) is 5. The molecule has 8 bridgehead atoms. The summed E-state index contributed by atoms with van der Waals surface area (Å²) in [6.45, 7) is 1.28. The number of ketones is 2. The number of carbonyl (C=O) groups excluding carboxylic acids is 4. The summed E-state index contributed by atoms with van der Waals surface area (Å²) in [5.41, 5.74) is 24.5. The lowest BCUT2D eigenvalue weighted by Gasteiger charge is -2.57. The van der Waals surface area contributed by atoms with Crippen LogP contribution < -0.4 is 28.3 Å². The van der Waals surface area contributed by atoms with Crippen LogP contribution >= 0.6 is 0 Å². The summed E-state index contributed by atoms with van der Waals surface area (Å²) in [7, 11) is 0. The monoisotopic (exact) mass is 814 g/mol. The second-order valence-electron chi connectivity index (χ2n) is 21.0. The van der Waals surface area contributed by atoms with E-state index in [0.717, 1.165) is 79.6 Å². The first-order valence-electron chi connectivity index (χ1n) is 23.5. The van der Waals surface area contributed by atoms with E-state index in [1.54, 1.807) is 0 Å². The third-order valence-electron chi connectivity index (χ3n) is 15.8. The molecule has 0 saturated heterocycles. The fraction of sp³-hybridized carbons (Fsp3) is 0.771. The lowest BCUT2D eigenvalue weighted by molar-refractivity contribution is -0.143. The van der Waals surface area contributed by atoms with Gasteiger partial charge in [-0.15, -0.1) is 0 Å². The minimum absolute atomic E-state index is 0.0208. The number of amides is 2. The highest BCUT2D eigenvalue weighted by atomic mass is 16.2. The average Bonchev–Trinajstić information content (AvgIpc) is 3.17. The number of Topliss-reactive ketones (excluding diaryl/α,β-unsaturated/α-hetero) is 2. The Balaban J connectivity index is 1.08. The number of nitrogens with two attached hydrogens (primary N) is 4. The molecule has 8 saturated carbocycles. The lowest BCUT2D eigenvalue weighted by Crippen LogP contribution is -2.50. The van der Waals surface area contributed by atoms with Crippen molar-refractivity contribution in [2.24, 2.45) is 80.2 Å². The van der Waals surface area contributed by atoms with E-state index in [1.807, 2.05) is 23.1 Å². The van der Waals surface area contributed by atoms with E-state index >= 15 is 0 Å². The predicted octanol–water partition coefficient (Wildman–Crippen LogP) is 5.80. The highest BCUT2D eigenvalue weighted by molar-refractivity contribution is 5.91. The first-order valence-corrected chi connectivity index (χ1v) is 23.5. The smallest absolute Gasteiger partial charge is 0.237 e. The minimum Gasteiger partial charge on any atom is -0.370 e. The van der Waals surface area contributed by atoms with Crippen molar-refractivity contribution in [3.63, 3.8) is 0 Å². The molecule has 9 N–H and O–H groups in total. The van der Waals surface area contributed by atoms with Crippen LogP contribution in [0.2, 0.25) is 0 Å². The number of carbonyl (C=O) groups is 4. The summed E-state index contributed by atoms with van der Waals surface area (Å²) in [6.07, 6.45) is 20.7. The van der Waals surface area contributed by atoms with Gasteiger partial charge in [0, 0.05) is 32.4 Å². The van der Waals surface area contributed by atoms with Crippen molar-refractivity contribution < 1.29 is 19.2 Å². The highest BCUT2D eigenvalue weighted by Crippen LogP contribution is 2.62. The molecule has 3 atom stereocenters. The van der Waals surface area contributed by atoms with Crippen LogP contribution in [0.25, 0.3) is 0 Å². The first kappa shape index (κ1) is 43.8. The van der Waals surface area contributed by atoms with Crippen molar-refractivity contribution in [1.82, 2.24) is 10.2 Å². The predicted molar refractivity (Wildman–Crippen MR) is 233 cm³/mol. The molecule has 2 amide bonds. The number of nitrogens with one attached hydrogen (secondary N) is 1. The quantitative estimate of drug-likeness (QED) is 0.0490. The molecule has 0 heterocycles. The number of hydrogen-bond acceptors (Lipinski definition) is 7. The number of nitrogens with zero attached hydrogens (tertiary/aromatic N) is 2. The van der Waals surface area contributed by atoms with Crippen molar-refractivity contribution in [2.75, 3.05) is 26.2 Å². The van der Waals surface area contributed by atoms with Crippen molar-refractivity contribution in [3.8, 4) is 0 Å². The fourth-order valence-corrected chi connectivity index (χ4v) is 14.1. The molecule has 9 rings (SSSR count). The molecule has 0 unspecified atom stereocenters. The summed E-state index contributed by atoms with van der Waals surface area (Å²) in [4.78, 5) is 62.8. The van der Waals surface area contributed by atoms with Crippen LogP contribution in [-0.4, -0.2) is 72.5 Å². The van der Waals surface area contributed by atoms with Crippen molar-refractivity contribution in [1.29, 1.82) is 0 Å². The summed E-state index contributed by atoms with van der Waals surface area (Å²) in [6, 6.07) is 8.56. The zero-order valence-electron chi connectivity index (χ0n) is 35.8. The Morgan fingerprint density at radius 2 is 1.36 bits per heavy atom. The number of unbranched alkanes of at least 4 members (excludes halogenated alkanes) is 1. The van der Waals surface area contributed by atoms with Crippen LogP contribution in [0.1, 0.15) is 140 Å². The van der Waals surface area contributed by atoms with Gasteiger partial charge in [0.05, 0.1) is 18.6 Å². The molecule has 326 valence electrons. The third kappa shape index (κ3) is 11.7. The molecule has 0 aromatic heterocycles. The summed E-state index contributed by atoms with van der Waals surface area (Å²) < 4.78 is 0. The van der Waals surface area contributed by atoms with Gasteiger partial charge in [-0.3, -0.25) is 24.2 Å². The van der Waals surface area contributed by atoms with Gasteiger partial charge < -0.3 is 33.2 Å². The normalized spacial score (nSPS) is 31.4. The zero-order valence-corrected chi connectivity index (χ0v) is 35.8. The number of benzene rings is 1. The van der Waals surface area contributed by atoms with Gasteiger partial charge >= 0.3 is 0 Å². The van der Waals surface area contributed by atoms with E-state index in [9.17, 15) is 19.2 Å². The van der Waals surface area contributed by atoms with Gasteiger partial charge in [0.2, 0.25) is 11.8 Å². The first-order chi connectivity index (χ1) is 28.4. The summed E-state index contributed by atoms with van der Waals surface area (Å²) >= 11 is 0. The van der Waals surface area contributed by atoms with Crippen molar-refractivity contribution in [2.45, 2.75) is 153 Å². The van der Waals surface area contributed by atoms with E-state index in [-0.39, 0.29) is 53.6 Å². The Bertz CT molecular complexity index is 1570. The van der Waals surface area contributed by atoms with E-state index in [0.29, 0.717) is 63.6 Å². The van der Waals surface area contributed by atoms with Gasteiger partial charge in [-0.2, -0.15) is 0 Å². The number of rotatable bonds is 24. The summed E-state index contributed by atoms with van der Waals surface area (Å²) in [5.74, 6) is 4.14. The molecule has 11 heteroatoms. The molecule has 0 spiro atoms. The molecule has 1 aromatic rings. The SMILES string of the molecule is NCCCC[C@H](N)C(=O)N[C@@H](CCCN=C(N)N)C(=O)C[C@@H](Cc1ccccc1)CN(CC(=O)CCC12CC3CC(CC(C3)C1)C2)C(=O)CC12CC3CC(CC(C3)C1)C2. The Morgan fingerprint density at radius 3 is 1.92 bits per heavy atom. The van der Waals surface area contributed by atoms with E-state index in [1.165, 1.54) is 57.8 Å². The van der Waals surface area contributed by atoms with Gasteiger partial charge in [-0.1, -0.05) is 36.8 Å². The van der Waals surface area contributed by atoms with E-state index in [2.05, 4.69) is 22.4 Å². The van der Waals surface area contributed by atoms with Crippen LogP contribution in [0.15, 0.2) is 35.3 Å². The Morgan fingerprint density at radius 1 is 0.780 bits per heavy atom. The van der Waals surface area contributed by atoms with Gasteiger partial charge in [0.25, 0.3) is 0 Å². The molecule has 8 fully saturated rings. The Labute approximate surface area is 353 Å². The average molecular weight is 814 g/mol. The van der Waals surface area contributed by atoms with E-state index in [4.69, 9.17) is 22.9 Å². The van der Waals surface area contributed by atoms with Gasteiger partial charge in [0.15, 0.2) is 17.5 Å². The van der Waals surface area contributed by atoms with Crippen LogP contribution in [-0.2, 0) is 25.6 Å². The van der Waals surface area contributed by atoms with Crippen LogP contribution in [0.5, 0.6) is 0 Å². The highest BCUT2D eigenvalue weighted by Gasteiger charge is 2.53. The third-order valence-corrected chi connectivity index (χ3v) is 15.8. The molecular formula is C48H75N7O4. The van der Waals surface area contributed by atoms with Gasteiger partial charge in [-0.05, 0) is 180 Å². The summed E-state index contributed by atoms with van der Waals surface area (Å²) in [5, 5.41) is 2.98. The Hall–Kier alpha value is -3.31. The molecule has 0 radical (unpaired) electrons. The second kappa shape index (κ2) is 19.6. The maximum Gasteiger partial charge on any atom is 0.237 e.